The Morgan fingerprint density at radius 1 is 1.13 bits per heavy atom. The largest absolute Gasteiger partial charge is 0.504 e. The number of methoxy groups -OCH3 is 2. The Bertz CT molecular complexity index is 758. The smallest absolute Gasteiger partial charge is 0.255 e. The first-order valence-electron chi connectivity index (χ1n) is 6.78. The molecule has 0 saturated heterocycles. The lowest BCUT2D eigenvalue weighted by atomic mass is 10.1. The zero-order valence-corrected chi connectivity index (χ0v) is 12.6. The first kappa shape index (κ1) is 14.8. The van der Waals surface area contributed by atoms with Crippen molar-refractivity contribution in [2.75, 3.05) is 26.3 Å². The van der Waals surface area contributed by atoms with Crippen molar-refractivity contribution in [3.8, 4) is 28.7 Å². The molecule has 0 radical (unpaired) electrons. The molecule has 0 saturated carbocycles. The molecule has 1 aliphatic rings. The second-order valence-electron chi connectivity index (χ2n) is 4.75. The zero-order chi connectivity index (χ0) is 16.4. The van der Waals surface area contributed by atoms with Gasteiger partial charge in [-0.3, -0.25) is 4.79 Å². The van der Waals surface area contributed by atoms with Crippen molar-refractivity contribution in [3.05, 3.63) is 35.9 Å². The lowest BCUT2D eigenvalue weighted by Gasteiger charge is -2.10. The third-order valence-corrected chi connectivity index (χ3v) is 3.36. The van der Waals surface area contributed by atoms with E-state index >= 15 is 0 Å². The summed E-state index contributed by atoms with van der Waals surface area (Å²) >= 11 is 0. The molecule has 23 heavy (non-hydrogen) atoms. The SMILES string of the molecule is COc1ccc(NC(=O)c2cc(OC)c3c(c2)OCO3)cc1O. The van der Waals surface area contributed by atoms with Crippen molar-refractivity contribution in [1.82, 2.24) is 0 Å². The summed E-state index contributed by atoms with van der Waals surface area (Å²) in [7, 11) is 2.94. The Balaban J connectivity index is 1.85. The minimum Gasteiger partial charge on any atom is -0.504 e. The number of amides is 1. The molecule has 0 bridgehead atoms. The van der Waals surface area contributed by atoms with Gasteiger partial charge in [0.25, 0.3) is 5.91 Å². The Labute approximate surface area is 132 Å². The van der Waals surface area contributed by atoms with Crippen LogP contribution >= 0.6 is 0 Å². The van der Waals surface area contributed by atoms with Crippen LogP contribution in [0.3, 0.4) is 0 Å². The van der Waals surface area contributed by atoms with Gasteiger partial charge in [0.05, 0.1) is 14.2 Å². The van der Waals surface area contributed by atoms with E-state index in [-0.39, 0.29) is 18.4 Å². The van der Waals surface area contributed by atoms with Gasteiger partial charge in [-0.2, -0.15) is 0 Å². The highest BCUT2D eigenvalue weighted by atomic mass is 16.7. The van der Waals surface area contributed by atoms with E-state index in [4.69, 9.17) is 18.9 Å². The molecule has 2 N–H and O–H groups in total. The molecule has 1 amide bonds. The molecule has 0 fully saturated rings. The van der Waals surface area contributed by atoms with E-state index in [1.54, 1.807) is 24.3 Å². The molecule has 0 unspecified atom stereocenters. The third-order valence-electron chi connectivity index (χ3n) is 3.36. The van der Waals surface area contributed by atoms with Crippen molar-refractivity contribution < 1.29 is 28.8 Å². The maximum absolute atomic E-state index is 12.4. The maximum Gasteiger partial charge on any atom is 0.255 e. The van der Waals surface area contributed by atoms with E-state index in [1.165, 1.54) is 20.3 Å². The molecule has 2 aromatic rings. The highest BCUT2D eigenvalue weighted by Gasteiger charge is 2.22. The summed E-state index contributed by atoms with van der Waals surface area (Å²) in [4.78, 5) is 12.4. The van der Waals surface area contributed by atoms with Gasteiger partial charge in [-0.15, -0.1) is 0 Å². The van der Waals surface area contributed by atoms with Crippen LogP contribution in [0.15, 0.2) is 30.3 Å². The Kier molecular flexibility index (Phi) is 3.84. The summed E-state index contributed by atoms with van der Waals surface area (Å²) in [5.41, 5.74) is 0.784. The summed E-state index contributed by atoms with van der Waals surface area (Å²) in [5.74, 6) is 1.24. The minimum absolute atomic E-state index is 0.0615. The number of phenols is 1. The second kappa shape index (κ2) is 5.96. The number of aromatic hydroxyl groups is 1. The number of hydrogen-bond acceptors (Lipinski definition) is 6. The van der Waals surface area contributed by atoms with Gasteiger partial charge in [0.1, 0.15) is 0 Å². The van der Waals surface area contributed by atoms with Gasteiger partial charge in [0.15, 0.2) is 23.0 Å². The van der Waals surface area contributed by atoms with Crippen LogP contribution in [0.2, 0.25) is 0 Å². The van der Waals surface area contributed by atoms with Crippen LogP contribution < -0.4 is 24.3 Å². The molecule has 0 atom stereocenters. The fourth-order valence-electron chi connectivity index (χ4n) is 2.23. The molecule has 7 nitrogen and oxygen atoms in total. The molecule has 0 aliphatic carbocycles. The van der Waals surface area contributed by atoms with Gasteiger partial charge < -0.3 is 29.4 Å². The Hall–Kier alpha value is -3.09. The summed E-state index contributed by atoms with van der Waals surface area (Å²) in [6.45, 7) is 0.0864. The quantitative estimate of drug-likeness (QED) is 0.900. The number of hydrogen-bond donors (Lipinski definition) is 2. The second-order valence-corrected chi connectivity index (χ2v) is 4.75. The average Bonchev–Trinajstić information content (AvgIpc) is 3.02. The average molecular weight is 317 g/mol. The van der Waals surface area contributed by atoms with Crippen LogP contribution in [-0.4, -0.2) is 32.0 Å². The van der Waals surface area contributed by atoms with Crippen LogP contribution in [0.1, 0.15) is 10.4 Å². The van der Waals surface area contributed by atoms with Crippen LogP contribution in [0.5, 0.6) is 28.7 Å². The van der Waals surface area contributed by atoms with Crippen molar-refractivity contribution in [2.45, 2.75) is 0 Å². The van der Waals surface area contributed by atoms with Crippen LogP contribution in [-0.2, 0) is 0 Å². The fourth-order valence-corrected chi connectivity index (χ4v) is 2.23. The van der Waals surface area contributed by atoms with Crippen molar-refractivity contribution in [3.63, 3.8) is 0 Å². The van der Waals surface area contributed by atoms with E-state index in [9.17, 15) is 9.90 Å². The highest BCUT2D eigenvalue weighted by molar-refractivity contribution is 6.05. The molecule has 3 rings (SSSR count). The first-order chi connectivity index (χ1) is 11.1. The van der Waals surface area contributed by atoms with Gasteiger partial charge in [0.2, 0.25) is 12.5 Å². The van der Waals surface area contributed by atoms with E-state index in [1.807, 2.05) is 0 Å². The summed E-state index contributed by atoms with van der Waals surface area (Å²) in [5, 5.41) is 12.4. The lowest BCUT2D eigenvalue weighted by Crippen LogP contribution is -2.12. The Morgan fingerprint density at radius 2 is 1.91 bits per heavy atom. The number of phenolic OH excluding ortho intramolecular Hbond substituents is 1. The number of carbonyl (C=O) groups excluding carboxylic acids is 1. The summed E-state index contributed by atoms with van der Waals surface area (Å²) in [6.07, 6.45) is 0. The van der Waals surface area contributed by atoms with Gasteiger partial charge >= 0.3 is 0 Å². The van der Waals surface area contributed by atoms with E-state index in [0.717, 1.165) is 0 Å². The molecule has 7 heteroatoms. The van der Waals surface area contributed by atoms with Gasteiger partial charge in [0, 0.05) is 17.3 Å². The minimum atomic E-state index is -0.369. The fraction of sp³-hybridized carbons (Fsp3) is 0.188. The van der Waals surface area contributed by atoms with Crippen LogP contribution in [0.4, 0.5) is 5.69 Å². The predicted molar refractivity (Wildman–Crippen MR) is 81.7 cm³/mol. The number of fused-ring (bicyclic) bond motifs is 1. The topological polar surface area (TPSA) is 86.3 Å². The maximum atomic E-state index is 12.4. The van der Waals surface area contributed by atoms with Gasteiger partial charge in [-0.25, -0.2) is 0 Å². The van der Waals surface area contributed by atoms with Crippen molar-refractivity contribution in [1.29, 1.82) is 0 Å². The number of anilines is 1. The standard InChI is InChI=1S/C16H15NO6/c1-20-12-4-3-10(7-11(12)18)17-16(19)9-5-13(21-2)15-14(6-9)22-8-23-15/h3-7,18H,8H2,1-2H3,(H,17,19). The molecule has 1 heterocycles. The molecular formula is C16H15NO6. The highest BCUT2D eigenvalue weighted by Crippen LogP contribution is 2.42. The molecule has 120 valence electrons. The van der Waals surface area contributed by atoms with E-state index in [0.29, 0.717) is 34.2 Å². The molecule has 1 aliphatic heterocycles. The summed E-state index contributed by atoms with van der Waals surface area (Å²) < 4.78 is 20.7. The number of ether oxygens (including phenoxy) is 4. The van der Waals surface area contributed by atoms with E-state index in [2.05, 4.69) is 5.32 Å². The molecule has 0 spiro atoms. The molecule has 0 aromatic heterocycles. The number of nitrogens with one attached hydrogen (secondary N) is 1. The predicted octanol–water partition coefficient (Wildman–Crippen LogP) is 2.39. The number of carbonyl (C=O) groups is 1. The normalized spacial score (nSPS) is 11.9. The lowest BCUT2D eigenvalue weighted by molar-refractivity contribution is 0.102. The van der Waals surface area contributed by atoms with Gasteiger partial charge in [-0.05, 0) is 24.3 Å². The molecular weight excluding hydrogens is 302 g/mol. The van der Waals surface area contributed by atoms with Crippen LogP contribution in [0.25, 0.3) is 0 Å². The number of benzene rings is 2. The van der Waals surface area contributed by atoms with E-state index < -0.39 is 0 Å². The summed E-state index contributed by atoms with van der Waals surface area (Å²) in [6, 6.07) is 7.72. The molecule has 2 aromatic carbocycles. The van der Waals surface area contributed by atoms with Gasteiger partial charge in [-0.1, -0.05) is 0 Å². The number of rotatable bonds is 4. The van der Waals surface area contributed by atoms with Crippen LogP contribution in [0, 0.1) is 0 Å². The van der Waals surface area contributed by atoms with Crippen molar-refractivity contribution >= 4 is 11.6 Å². The monoisotopic (exact) mass is 317 g/mol. The Morgan fingerprint density at radius 3 is 2.61 bits per heavy atom. The zero-order valence-electron chi connectivity index (χ0n) is 12.6. The third kappa shape index (κ3) is 2.80. The first-order valence-corrected chi connectivity index (χ1v) is 6.78. The van der Waals surface area contributed by atoms with Crippen molar-refractivity contribution in [2.24, 2.45) is 0 Å².